The van der Waals surface area contributed by atoms with Gasteiger partial charge >= 0.3 is 0 Å². The Morgan fingerprint density at radius 3 is 2.48 bits per heavy atom. The molecule has 1 heterocycles. The monoisotopic (exact) mass is 524 g/mol. The molecule has 1 N–H and O–H groups in total. The van der Waals surface area contributed by atoms with E-state index in [0.717, 1.165) is 30.0 Å². The Morgan fingerprint density at radius 1 is 1.09 bits per heavy atom. The zero-order valence-electron chi connectivity index (χ0n) is 18.0. The van der Waals surface area contributed by atoms with Gasteiger partial charge in [-0.25, -0.2) is 0 Å². The van der Waals surface area contributed by atoms with Crippen LogP contribution in [-0.4, -0.2) is 32.5 Å². The van der Waals surface area contributed by atoms with Crippen molar-refractivity contribution >= 4 is 58.2 Å². The van der Waals surface area contributed by atoms with Crippen molar-refractivity contribution < 1.29 is 9.53 Å². The van der Waals surface area contributed by atoms with Gasteiger partial charge in [-0.2, -0.15) is 0 Å². The van der Waals surface area contributed by atoms with Crippen LogP contribution >= 0.6 is 46.6 Å². The predicted octanol–water partition coefficient (Wildman–Crippen LogP) is 6.98. The van der Waals surface area contributed by atoms with Crippen LogP contribution in [0.15, 0.2) is 41.6 Å². The van der Waals surface area contributed by atoms with Gasteiger partial charge in [0.25, 0.3) is 0 Å². The van der Waals surface area contributed by atoms with Gasteiger partial charge in [-0.3, -0.25) is 4.79 Å². The molecule has 3 aromatic rings. The third-order valence-corrected chi connectivity index (χ3v) is 7.37. The zero-order chi connectivity index (χ0) is 23.4. The lowest BCUT2D eigenvalue weighted by atomic mass is 10.2. The Bertz CT molecular complexity index is 1130. The lowest BCUT2D eigenvalue weighted by molar-refractivity contribution is -0.113. The number of aromatic nitrogens is 3. The van der Waals surface area contributed by atoms with E-state index in [-0.39, 0.29) is 11.7 Å². The maximum absolute atomic E-state index is 12.5. The number of hydrogen-bond acceptors (Lipinski definition) is 5. The Balaban J connectivity index is 1.40. The first-order valence-corrected chi connectivity index (χ1v) is 12.8. The Hall–Kier alpha value is -1.93. The highest BCUT2D eigenvalue weighted by atomic mass is 35.5. The van der Waals surface area contributed by atoms with Crippen molar-refractivity contribution in [2.75, 3.05) is 11.1 Å². The van der Waals surface area contributed by atoms with Gasteiger partial charge in [-0.05, 0) is 69.0 Å². The van der Waals surface area contributed by atoms with Crippen LogP contribution in [0.2, 0.25) is 15.1 Å². The molecule has 4 rings (SSSR count). The van der Waals surface area contributed by atoms with Crippen LogP contribution in [0.4, 0.5) is 5.69 Å². The third-order valence-electron chi connectivity index (χ3n) is 5.37. The summed E-state index contributed by atoms with van der Waals surface area (Å²) < 4.78 is 8.03. The van der Waals surface area contributed by atoms with E-state index in [9.17, 15) is 4.79 Å². The van der Waals surface area contributed by atoms with Crippen molar-refractivity contribution in [2.45, 2.75) is 50.4 Å². The van der Waals surface area contributed by atoms with Gasteiger partial charge in [0.2, 0.25) is 5.91 Å². The molecule has 0 unspecified atom stereocenters. The highest BCUT2D eigenvalue weighted by molar-refractivity contribution is 7.99. The number of thioether (sulfide) groups is 1. The smallest absolute Gasteiger partial charge is 0.234 e. The number of ether oxygens (including phenoxy) is 1. The molecular formula is C23H23Cl3N4O2S. The van der Waals surface area contributed by atoms with Gasteiger partial charge in [-0.15, -0.1) is 10.2 Å². The standard InChI is InChI=1S/C23H23Cl3N4O2S/c1-2-30-22(14-7-9-16(10-8-14)32-15-5-3-4-6-15)28-29-23(30)33-13-21(31)27-20-12-18(25)17(24)11-19(20)26/h7-12,15H,2-6,13H2,1H3,(H,27,31). The van der Waals surface area contributed by atoms with E-state index >= 15 is 0 Å². The summed E-state index contributed by atoms with van der Waals surface area (Å²) in [6.07, 6.45) is 5.04. The Labute approximate surface area is 212 Å². The minimum absolute atomic E-state index is 0.142. The van der Waals surface area contributed by atoms with E-state index in [1.165, 1.54) is 36.7 Å². The molecule has 33 heavy (non-hydrogen) atoms. The molecule has 1 aromatic heterocycles. The first-order valence-electron chi connectivity index (χ1n) is 10.7. The van der Waals surface area contributed by atoms with Crippen molar-refractivity contribution in [3.63, 3.8) is 0 Å². The molecule has 0 saturated heterocycles. The van der Waals surface area contributed by atoms with E-state index in [0.29, 0.717) is 38.6 Å². The second kappa shape index (κ2) is 11.0. The summed E-state index contributed by atoms with van der Waals surface area (Å²) in [6.45, 7) is 2.69. The van der Waals surface area contributed by atoms with Gasteiger partial charge in [0.05, 0.1) is 32.6 Å². The fraction of sp³-hybridized carbons (Fsp3) is 0.348. The average molecular weight is 526 g/mol. The fourth-order valence-corrected chi connectivity index (χ4v) is 5.11. The number of anilines is 1. The first-order chi connectivity index (χ1) is 15.9. The van der Waals surface area contributed by atoms with Crippen molar-refractivity contribution in [1.82, 2.24) is 14.8 Å². The number of amides is 1. The summed E-state index contributed by atoms with van der Waals surface area (Å²) in [5.41, 5.74) is 1.36. The largest absolute Gasteiger partial charge is 0.490 e. The summed E-state index contributed by atoms with van der Waals surface area (Å²) in [6, 6.07) is 11.0. The molecule has 0 radical (unpaired) electrons. The van der Waals surface area contributed by atoms with Gasteiger partial charge < -0.3 is 14.6 Å². The Kier molecular flexibility index (Phi) is 8.07. The van der Waals surface area contributed by atoms with E-state index in [1.54, 1.807) is 0 Å². The summed E-state index contributed by atoms with van der Waals surface area (Å²) in [5, 5.41) is 13.0. The summed E-state index contributed by atoms with van der Waals surface area (Å²) in [4.78, 5) is 12.5. The third kappa shape index (κ3) is 5.96. The molecule has 0 atom stereocenters. The maximum Gasteiger partial charge on any atom is 0.234 e. The molecular weight excluding hydrogens is 503 g/mol. The molecule has 6 nitrogen and oxygen atoms in total. The summed E-state index contributed by atoms with van der Waals surface area (Å²) in [7, 11) is 0. The normalized spacial score (nSPS) is 13.9. The fourth-order valence-electron chi connectivity index (χ4n) is 3.71. The molecule has 174 valence electrons. The van der Waals surface area contributed by atoms with Crippen LogP contribution in [0, 0.1) is 0 Å². The number of nitrogens with one attached hydrogen (secondary N) is 1. The van der Waals surface area contributed by atoms with Gasteiger partial charge in [0.15, 0.2) is 11.0 Å². The van der Waals surface area contributed by atoms with Gasteiger partial charge in [0, 0.05) is 12.1 Å². The van der Waals surface area contributed by atoms with Crippen LogP contribution in [0.5, 0.6) is 5.75 Å². The number of benzene rings is 2. The molecule has 2 aromatic carbocycles. The number of rotatable bonds is 8. The molecule has 0 spiro atoms. The van der Waals surface area contributed by atoms with Crippen LogP contribution in [0.1, 0.15) is 32.6 Å². The number of nitrogens with zero attached hydrogens (tertiary/aromatic N) is 3. The van der Waals surface area contributed by atoms with Gasteiger partial charge in [-0.1, -0.05) is 46.6 Å². The SMILES string of the molecule is CCn1c(SCC(=O)Nc2cc(Cl)c(Cl)cc2Cl)nnc1-c1ccc(OC2CCCC2)cc1. The van der Waals surface area contributed by atoms with Gasteiger partial charge in [0.1, 0.15) is 5.75 Å². The second-order valence-corrected chi connectivity index (χ2v) is 9.85. The van der Waals surface area contributed by atoms with Crippen molar-refractivity contribution in [2.24, 2.45) is 0 Å². The van der Waals surface area contributed by atoms with Crippen LogP contribution in [0.25, 0.3) is 11.4 Å². The average Bonchev–Trinajstić information content (AvgIpc) is 3.46. The van der Waals surface area contributed by atoms with Crippen LogP contribution < -0.4 is 10.1 Å². The Morgan fingerprint density at radius 2 is 1.79 bits per heavy atom. The highest BCUT2D eigenvalue weighted by Crippen LogP contribution is 2.33. The molecule has 1 saturated carbocycles. The van der Waals surface area contributed by atoms with Crippen molar-refractivity contribution in [3.05, 3.63) is 51.5 Å². The topological polar surface area (TPSA) is 69.0 Å². The van der Waals surface area contributed by atoms with E-state index < -0.39 is 0 Å². The van der Waals surface area contributed by atoms with Crippen LogP contribution in [-0.2, 0) is 11.3 Å². The summed E-state index contributed by atoms with van der Waals surface area (Å²) >= 11 is 19.4. The first kappa shape index (κ1) is 24.2. The molecule has 0 bridgehead atoms. The number of carbonyl (C=O) groups excluding carboxylic acids is 1. The predicted molar refractivity (Wildman–Crippen MR) is 135 cm³/mol. The zero-order valence-corrected chi connectivity index (χ0v) is 21.1. The molecule has 1 aliphatic carbocycles. The van der Waals surface area contributed by atoms with E-state index in [2.05, 4.69) is 15.5 Å². The van der Waals surface area contributed by atoms with E-state index in [4.69, 9.17) is 39.5 Å². The van der Waals surface area contributed by atoms with Crippen LogP contribution in [0.3, 0.4) is 0 Å². The minimum atomic E-state index is -0.235. The molecule has 0 aliphatic heterocycles. The minimum Gasteiger partial charge on any atom is -0.490 e. The lowest BCUT2D eigenvalue weighted by Crippen LogP contribution is -2.15. The summed E-state index contributed by atoms with van der Waals surface area (Å²) in [5.74, 6) is 1.53. The van der Waals surface area contributed by atoms with Crippen molar-refractivity contribution in [1.29, 1.82) is 0 Å². The highest BCUT2D eigenvalue weighted by Gasteiger charge is 2.18. The number of halogens is 3. The molecule has 1 amide bonds. The van der Waals surface area contributed by atoms with Crippen molar-refractivity contribution in [3.8, 4) is 17.1 Å². The number of hydrogen-bond donors (Lipinski definition) is 1. The van der Waals surface area contributed by atoms with E-state index in [1.807, 2.05) is 35.8 Å². The quantitative estimate of drug-likeness (QED) is 0.254. The number of carbonyl (C=O) groups is 1. The second-order valence-electron chi connectivity index (χ2n) is 7.68. The maximum atomic E-state index is 12.5. The molecule has 1 aliphatic rings. The lowest BCUT2D eigenvalue weighted by Gasteiger charge is -2.13. The molecule has 10 heteroatoms. The molecule has 1 fully saturated rings.